The highest BCUT2D eigenvalue weighted by atomic mass is 16.4. The zero-order chi connectivity index (χ0) is 23.2. The number of amides is 3. The Morgan fingerprint density at radius 1 is 1.03 bits per heavy atom. The molecule has 3 amide bonds. The third-order valence-corrected chi connectivity index (χ3v) is 5.80. The molecule has 0 radical (unpaired) electrons. The highest BCUT2D eigenvalue weighted by Gasteiger charge is 2.24. The lowest BCUT2D eigenvalue weighted by Gasteiger charge is -2.36. The second-order valence-corrected chi connectivity index (χ2v) is 8.30. The van der Waals surface area contributed by atoms with Crippen molar-refractivity contribution in [3.8, 4) is 0 Å². The van der Waals surface area contributed by atoms with Crippen LogP contribution in [0, 0.1) is 0 Å². The number of carbonyl (C=O) groups excluding carboxylic acids is 2. The fourth-order valence-corrected chi connectivity index (χ4v) is 4.27. The van der Waals surface area contributed by atoms with Crippen LogP contribution in [-0.4, -0.2) is 36.0 Å². The highest BCUT2D eigenvalue weighted by Crippen LogP contribution is 2.25. The molecule has 0 bridgehead atoms. The van der Waals surface area contributed by atoms with E-state index in [4.69, 9.17) is 4.42 Å². The van der Waals surface area contributed by atoms with E-state index in [9.17, 15) is 14.4 Å². The van der Waals surface area contributed by atoms with Crippen LogP contribution in [0.3, 0.4) is 0 Å². The van der Waals surface area contributed by atoms with Crippen LogP contribution >= 0.6 is 0 Å². The van der Waals surface area contributed by atoms with E-state index < -0.39 is 5.63 Å². The second kappa shape index (κ2) is 10.3. The molecule has 4 rings (SSSR count). The second-order valence-electron chi connectivity index (χ2n) is 8.30. The quantitative estimate of drug-likeness (QED) is 0.496. The smallest absolute Gasteiger partial charge is 0.336 e. The van der Waals surface area contributed by atoms with Gasteiger partial charge in [-0.15, -0.1) is 0 Å². The minimum atomic E-state index is -0.425. The number of nitrogens with zero attached hydrogens (tertiary/aromatic N) is 1. The lowest BCUT2D eigenvalue weighted by molar-refractivity contribution is -0.114. The van der Waals surface area contributed by atoms with E-state index in [1.54, 1.807) is 12.1 Å². The van der Waals surface area contributed by atoms with Gasteiger partial charge < -0.3 is 20.4 Å². The van der Waals surface area contributed by atoms with Crippen molar-refractivity contribution in [2.45, 2.75) is 38.8 Å². The molecule has 1 aliphatic rings. The van der Waals surface area contributed by atoms with Gasteiger partial charge in [-0.2, -0.15) is 0 Å². The largest absolute Gasteiger partial charge is 0.423 e. The fourth-order valence-electron chi connectivity index (χ4n) is 4.27. The van der Waals surface area contributed by atoms with Crippen molar-refractivity contribution in [2.24, 2.45) is 0 Å². The van der Waals surface area contributed by atoms with Gasteiger partial charge in [-0.1, -0.05) is 24.6 Å². The summed E-state index contributed by atoms with van der Waals surface area (Å²) < 4.78 is 5.39. The molecule has 33 heavy (non-hydrogen) atoms. The Morgan fingerprint density at radius 3 is 2.64 bits per heavy atom. The van der Waals surface area contributed by atoms with E-state index in [-0.39, 0.29) is 18.0 Å². The van der Waals surface area contributed by atoms with Crippen LogP contribution in [0.25, 0.3) is 11.0 Å². The number of rotatable bonds is 6. The summed E-state index contributed by atoms with van der Waals surface area (Å²) in [4.78, 5) is 38.2. The van der Waals surface area contributed by atoms with Crippen molar-refractivity contribution < 1.29 is 14.0 Å². The number of urea groups is 1. The average Bonchev–Trinajstić information content (AvgIpc) is 2.78. The molecule has 2 aromatic carbocycles. The fraction of sp³-hybridized carbons (Fsp3) is 0.320. The van der Waals surface area contributed by atoms with Gasteiger partial charge in [0.1, 0.15) is 5.58 Å². The summed E-state index contributed by atoms with van der Waals surface area (Å²) in [7, 11) is 0. The van der Waals surface area contributed by atoms with E-state index >= 15 is 0 Å². The SMILES string of the molecule is CC(=O)Nc1ccc2c(CN3CCCCC3CNC(=O)Nc3ccccc3)cc(=O)oc2c1. The summed E-state index contributed by atoms with van der Waals surface area (Å²) in [6, 6.07) is 16.1. The number of nitrogens with one attached hydrogen (secondary N) is 3. The van der Waals surface area contributed by atoms with Crippen LogP contribution < -0.4 is 21.6 Å². The Hall–Kier alpha value is -3.65. The first-order valence-corrected chi connectivity index (χ1v) is 11.2. The van der Waals surface area contributed by atoms with Gasteiger partial charge in [-0.05, 0) is 49.2 Å². The molecule has 1 unspecified atom stereocenters. The van der Waals surface area contributed by atoms with Crippen molar-refractivity contribution >= 4 is 34.3 Å². The van der Waals surface area contributed by atoms with E-state index in [1.165, 1.54) is 13.0 Å². The van der Waals surface area contributed by atoms with Gasteiger partial charge in [0.2, 0.25) is 5.91 Å². The van der Waals surface area contributed by atoms with Gasteiger partial charge in [-0.25, -0.2) is 9.59 Å². The van der Waals surface area contributed by atoms with Crippen molar-refractivity contribution in [1.82, 2.24) is 10.2 Å². The Bertz CT molecular complexity index is 1190. The van der Waals surface area contributed by atoms with Crippen LogP contribution in [0.5, 0.6) is 0 Å². The maximum absolute atomic E-state index is 12.3. The maximum atomic E-state index is 12.3. The molecule has 172 valence electrons. The Labute approximate surface area is 192 Å². The predicted molar refractivity (Wildman–Crippen MR) is 128 cm³/mol. The number of piperidine rings is 1. The molecule has 1 fully saturated rings. The summed E-state index contributed by atoms with van der Waals surface area (Å²) in [5, 5.41) is 9.37. The lowest BCUT2D eigenvalue weighted by atomic mass is 10.00. The minimum absolute atomic E-state index is 0.168. The van der Waals surface area contributed by atoms with Crippen LogP contribution in [0.4, 0.5) is 16.2 Å². The molecule has 1 aliphatic heterocycles. The molecule has 3 N–H and O–H groups in total. The molecule has 2 heterocycles. The Morgan fingerprint density at radius 2 is 1.85 bits per heavy atom. The van der Waals surface area contributed by atoms with Gasteiger partial charge in [0.15, 0.2) is 0 Å². The number of hydrogen-bond acceptors (Lipinski definition) is 5. The van der Waals surface area contributed by atoms with Crippen LogP contribution in [0.15, 0.2) is 63.8 Å². The predicted octanol–water partition coefficient (Wildman–Crippen LogP) is 3.93. The van der Waals surface area contributed by atoms with Crippen molar-refractivity contribution in [2.75, 3.05) is 23.7 Å². The van der Waals surface area contributed by atoms with Gasteiger partial charge in [0.05, 0.1) is 0 Å². The summed E-state index contributed by atoms with van der Waals surface area (Å²) in [5.74, 6) is -0.187. The first-order chi connectivity index (χ1) is 16.0. The van der Waals surface area contributed by atoms with Gasteiger partial charge in [0, 0.05) is 54.9 Å². The van der Waals surface area contributed by atoms with E-state index in [1.807, 2.05) is 36.4 Å². The molecule has 3 aromatic rings. The third kappa shape index (κ3) is 5.98. The summed E-state index contributed by atoms with van der Waals surface area (Å²) in [5.41, 5.74) is 2.22. The molecule has 1 saturated heterocycles. The van der Waals surface area contributed by atoms with Crippen LogP contribution in [0.2, 0.25) is 0 Å². The van der Waals surface area contributed by atoms with Gasteiger partial charge >= 0.3 is 11.7 Å². The highest BCUT2D eigenvalue weighted by molar-refractivity contribution is 5.92. The molecule has 0 aliphatic carbocycles. The average molecular weight is 449 g/mol. The number of fused-ring (bicyclic) bond motifs is 1. The molecule has 1 aromatic heterocycles. The van der Waals surface area contributed by atoms with Gasteiger partial charge in [-0.3, -0.25) is 9.69 Å². The van der Waals surface area contributed by atoms with Crippen LogP contribution in [-0.2, 0) is 11.3 Å². The molecule has 1 atom stereocenters. The minimum Gasteiger partial charge on any atom is -0.423 e. The van der Waals surface area contributed by atoms with Crippen LogP contribution in [0.1, 0.15) is 31.7 Å². The molecule has 0 spiro atoms. The molecular formula is C25H28N4O4. The molecule has 8 nitrogen and oxygen atoms in total. The number of para-hydroxylation sites is 1. The number of carbonyl (C=O) groups is 2. The standard InChI is InChI=1S/C25H28N4O4/c1-17(30)27-20-10-11-22-18(13-24(31)33-23(22)14-20)16-29-12-6-5-9-21(29)15-26-25(32)28-19-7-3-2-4-8-19/h2-4,7-8,10-11,13-14,21H,5-6,9,12,15-16H2,1H3,(H,27,30)(H2,26,28,32). The third-order valence-electron chi connectivity index (χ3n) is 5.80. The van der Waals surface area contributed by atoms with Crippen molar-refractivity contribution in [1.29, 1.82) is 0 Å². The maximum Gasteiger partial charge on any atom is 0.336 e. The summed E-state index contributed by atoms with van der Waals surface area (Å²) in [6.07, 6.45) is 3.14. The molecular weight excluding hydrogens is 420 g/mol. The number of likely N-dealkylation sites (tertiary alicyclic amines) is 1. The van der Waals surface area contributed by atoms with E-state index in [0.717, 1.165) is 42.4 Å². The zero-order valence-corrected chi connectivity index (χ0v) is 18.6. The number of anilines is 2. The zero-order valence-electron chi connectivity index (χ0n) is 18.6. The Kier molecular flexibility index (Phi) is 7.04. The molecule has 0 saturated carbocycles. The van der Waals surface area contributed by atoms with Crippen molar-refractivity contribution in [3.05, 3.63) is 70.6 Å². The monoisotopic (exact) mass is 448 g/mol. The topological polar surface area (TPSA) is 104 Å². The first kappa shape index (κ1) is 22.5. The van der Waals surface area contributed by atoms with Gasteiger partial charge in [0.25, 0.3) is 0 Å². The lowest BCUT2D eigenvalue weighted by Crippen LogP contribution is -2.47. The van der Waals surface area contributed by atoms with Crippen molar-refractivity contribution in [3.63, 3.8) is 0 Å². The normalized spacial score (nSPS) is 16.3. The van der Waals surface area contributed by atoms with E-state index in [0.29, 0.717) is 24.4 Å². The Balaban J connectivity index is 1.46. The van der Waals surface area contributed by atoms with E-state index in [2.05, 4.69) is 20.9 Å². The number of hydrogen-bond donors (Lipinski definition) is 3. The number of benzene rings is 2. The molecule has 8 heteroatoms. The summed E-state index contributed by atoms with van der Waals surface area (Å²) in [6.45, 7) is 3.42. The first-order valence-electron chi connectivity index (χ1n) is 11.2. The summed E-state index contributed by atoms with van der Waals surface area (Å²) >= 11 is 0.